The first-order chi connectivity index (χ1) is 15.9. The average molecular weight is 438 g/mol. The number of anilines is 1. The van der Waals surface area contributed by atoms with Crippen LogP contribution in [-0.4, -0.2) is 25.7 Å². The minimum Gasteiger partial charge on any atom is -0.292 e. The number of hydrogen-bond donors (Lipinski definition) is 0. The molecule has 0 N–H and O–H groups in total. The lowest BCUT2D eigenvalue weighted by molar-refractivity contribution is -0.119. The van der Waals surface area contributed by atoms with Crippen LogP contribution in [0.1, 0.15) is 51.7 Å². The van der Waals surface area contributed by atoms with E-state index in [0.717, 1.165) is 39.6 Å². The minimum atomic E-state index is -0.0531. The predicted octanol–water partition coefficient (Wildman–Crippen LogP) is 4.96. The number of aromatic nitrogens is 4. The van der Waals surface area contributed by atoms with Gasteiger partial charge in [-0.15, -0.1) is 0 Å². The van der Waals surface area contributed by atoms with Crippen molar-refractivity contribution >= 4 is 11.7 Å². The number of carbonyl (C=O) groups is 1. The van der Waals surface area contributed by atoms with Crippen LogP contribution in [0.15, 0.2) is 60.7 Å². The topological polar surface area (TPSA) is 63.9 Å². The van der Waals surface area contributed by atoms with E-state index in [-0.39, 0.29) is 11.8 Å². The van der Waals surface area contributed by atoms with Crippen molar-refractivity contribution in [3.63, 3.8) is 0 Å². The second kappa shape index (κ2) is 8.28. The first kappa shape index (κ1) is 21.1. The van der Waals surface area contributed by atoms with Gasteiger partial charge >= 0.3 is 0 Å². The molecule has 2 aromatic carbocycles. The van der Waals surface area contributed by atoms with Crippen molar-refractivity contribution in [2.75, 3.05) is 4.90 Å². The van der Waals surface area contributed by atoms with Gasteiger partial charge in [0.05, 0.1) is 12.2 Å². The zero-order valence-electron chi connectivity index (χ0n) is 19.4. The highest BCUT2D eigenvalue weighted by Crippen LogP contribution is 2.43. The van der Waals surface area contributed by atoms with Crippen molar-refractivity contribution in [2.45, 2.75) is 46.6 Å². The summed E-state index contributed by atoms with van der Waals surface area (Å²) in [5.41, 5.74) is 7.07. The molecular weight excluding hydrogens is 410 g/mol. The molecule has 166 valence electrons. The summed E-state index contributed by atoms with van der Waals surface area (Å²) in [7, 11) is 0. The highest BCUT2D eigenvalue weighted by molar-refractivity contribution is 5.97. The molecule has 2 aromatic heterocycles. The van der Waals surface area contributed by atoms with Gasteiger partial charge in [0, 0.05) is 29.3 Å². The van der Waals surface area contributed by atoms with Crippen LogP contribution in [-0.2, 0) is 11.3 Å². The van der Waals surface area contributed by atoms with E-state index in [1.165, 1.54) is 5.56 Å². The van der Waals surface area contributed by atoms with E-state index in [1.54, 1.807) is 4.68 Å². The fraction of sp³-hybridized carbons (Fsp3) is 0.259. The average Bonchev–Trinajstić information content (AvgIpc) is 3.14. The Morgan fingerprint density at radius 3 is 2.24 bits per heavy atom. The fourth-order valence-electron chi connectivity index (χ4n) is 4.65. The third-order valence-electron chi connectivity index (χ3n) is 6.19. The number of hydrogen-bond acceptors (Lipinski definition) is 4. The molecular formula is C27H27N5O. The molecule has 0 saturated carbocycles. The molecule has 0 fully saturated rings. The molecule has 1 amide bonds. The van der Waals surface area contributed by atoms with Crippen molar-refractivity contribution in [3.05, 3.63) is 100.0 Å². The number of aryl methyl sites for hydroxylation is 4. The second-order valence-electron chi connectivity index (χ2n) is 8.82. The Balaban J connectivity index is 1.70. The van der Waals surface area contributed by atoms with Crippen LogP contribution < -0.4 is 4.90 Å². The molecule has 1 aliphatic heterocycles. The maximum absolute atomic E-state index is 13.6. The van der Waals surface area contributed by atoms with Gasteiger partial charge in [-0.25, -0.2) is 9.97 Å². The number of rotatable bonds is 4. The van der Waals surface area contributed by atoms with Gasteiger partial charge in [-0.1, -0.05) is 60.2 Å². The number of amides is 1. The zero-order valence-corrected chi connectivity index (χ0v) is 19.4. The summed E-state index contributed by atoms with van der Waals surface area (Å²) < 4.78 is 1.76. The molecule has 33 heavy (non-hydrogen) atoms. The fourth-order valence-corrected chi connectivity index (χ4v) is 4.65. The van der Waals surface area contributed by atoms with Crippen LogP contribution in [0.3, 0.4) is 0 Å². The van der Waals surface area contributed by atoms with Crippen LogP contribution in [0, 0.1) is 27.7 Å². The van der Waals surface area contributed by atoms with E-state index in [0.29, 0.717) is 18.9 Å². The SMILES string of the molecule is Cc1ccc(CN2C(=O)CC(c3ccccc3)c3c(C)nn(-c4nc(C)cc(C)n4)c32)cc1. The van der Waals surface area contributed by atoms with Crippen LogP contribution in [0.5, 0.6) is 0 Å². The van der Waals surface area contributed by atoms with Crippen molar-refractivity contribution < 1.29 is 4.79 Å². The largest absolute Gasteiger partial charge is 0.292 e. The van der Waals surface area contributed by atoms with Gasteiger partial charge in [0.1, 0.15) is 5.82 Å². The minimum absolute atomic E-state index is 0.0531. The Morgan fingerprint density at radius 1 is 0.909 bits per heavy atom. The number of benzene rings is 2. The molecule has 6 nitrogen and oxygen atoms in total. The first-order valence-electron chi connectivity index (χ1n) is 11.2. The van der Waals surface area contributed by atoms with Gasteiger partial charge in [-0.3, -0.25) is 9.69 Å². The number of carbonyl (C=O) groups excluding carboxylic acids is 1. The summed E-state index contributed by atoms with van der Waals surface area (Å²) in [6, 6.07) is 20.4. The predicted molar refractivity (Wildman–Crippen MR) is 129 cm³/mol. The van der Waals surface area contributed by atoms with E-state index < -0.39 is 0 Å². The molecule has 1 unspecified atom stereocenters. The molecule has 0 bridgehead atoms. The van der Waals surface area contributed by atoms with Crippen molar-refractivity contribution in [2.24, 2.45) is 0 Å². The Labute approximate surface area is 193 Å². The normalized spacial score (nSPS) is 15.6. The summed E-state index contributed by atoms with van der Waals surface area (Å²) in [6.07, 6.45) is 0.406. The lowest BCUT2D eigenvalue weighted by Crippen LogP contribution is -2.38. The summed E-state index contributed by atoms with van der Waals surface area (Å²) in [6.45, 7) is 8.44. The standard InChI is InChI=1S/C27H27N5O/c1-17-10-12-21(13-11-17)16-31-24(33)15-23(22-8-6-5-7-9-22)25-20(4)30-32(26(25)31)27-28-18(2)14-19(3)29-27/h5-14,23H,15-16H2,1-4H3. The third-order valence-corrected chi connectivity index (χ3v) is 6.19. The smallest absolute Gasteiger partial charge is 0.252 e. The molecule has 0 spiro atoms. The molecule has 4 aromatic rings. The second-order valence-corrected chi connectivity index (χ2v) is 8.82. The van der Waals surface area contributed by atoms with Crippen molar-refractivity contribution in [3.8, 4) is 5.95 Å². The van der Waals surface area contributed by atoms with Gasteiger partial charge < -0.3 is 0 Å². The quantitative estimate of drug-likeness (QED) is 0.452. The lowest BCUT2D eigenvalue weighted by Gasteiger charge is -2.33. The maximum atomic E-state index is 13.6. The Bertz CT molecular complexity index is 1300. The van der Waals surface area contributed by atoms with E-state index >= 15 is 0 Å². The molecule has 3 heterocycles. The Hall–Kier alpha value is -3.80. The third kappa shape index (κ3) is 3.93. The van der Waals surface area contributed by atoms with Gasteiger partial charge in [-0.2, -0.15) is 9.78 Å². The summed E-state index contributed by atoms with van der Waals surface area (Å²) >= 11 is 0. The van der Waals surface area contributed by atoms with Crippen LogP contribution in [0.25, 0.3) is 5.95 Å². The van der Waals surface area contributed by atoms with Crippen LogP contribution >= 0.6 is 0 Å². The first-order valence-corrected chi connectivity index (χ1v) is 11.2. The summed E-state index contributed by atoms with van der Waals surface area (Å²) in [5, 5.41) is 4.86. The molecule has 1 atom stereocenters. The van der Waals surface area contributed by atoms with Crippen LogP contribution in [0.4, 0.5) is 5.82 Å². The van der Waals surface area contributed by atoms with Crippen molar-refractivity contribution in [1.82, 2.24) is 19.7 Å². The van der Waals surface area contributed by atoms with E-state index in [9.17, 15) is 4.79 Å². The molecule has 0 radical (unpaired) electrons. The van der Waals surface area contributed by atoms with Gasteiger partial charge in [0.25, 0.3) is 5.95 Å². The van der Waals surface area contributed by atoms with Gasteiger partial charge in [0.15, 0.2) is 0 Å². The highest BCUT2D eigenvalue weighted by Gasteiger charge is 2.38. The lowest BCUT2D eigenvalue weighted by atomic mass is 9.85. The summed E-state index contributed by atoms with van der Waals surface area (Å²) in [4.78, 5) is 24.7. The molecule has 1 aliphatic rings. The highest BCUT2D eigenvalue weighted by atomic mass is 16.2. The number of nitrogens with zero attached hydrogens (tertiary/aromatic N) is 5. The molecule has 6 heteroatoms. The maximum Gasteiger partial charge on any atom is 0.252 e. The Morgan fingerprint density at radius 2 is 1.58 bits per heavy atom. The van der Waals surface area contributed by atoms with Crippen LogP contribution in [0.2, 0.25) is 0 Å². The van der Waals surface area contributed by atoms with Crippen molar-refractivity contribution in [1.29, 1.82) is 0 Å². The number of fused-ring (bicyclic) bond motifs is 1. The van der Waals surface area contributed by atoms with E-state index in [4.69, 9.17) is 5.10 Å². The molecule has 0 saturated heterocycles. The molecule has 0 aliphatic carbocycles. The zero-order chi connectivity index (χ0) is 23.1. The molecule has 5 rings (SSSR count). The van der Waals surface area contributed by atoms with Gasteiger partial charge in [0.2, 0.25) is 5.91 Å². The Kier molecular flexibility index (Phi) is 5.29. The monoisotopic (exact) mass is 437 g/mol. The van der Waals surface area contributed by atoms with E-state index in [2.05, 4.69) is 53.3 Å². The summed E-state index contributed by atoms with van der Waals surface area (Å²) in [5.74, 6) is 1.28. The van der Waals surface area contributed by atoms with Gasteiger partial charge in [-0.05, 0) is 44.9 Å². The van der Waals surface area contributed by atoms with E-state index in [1.807, 2.05) is 49.9 Å².